The Balaban J connectivity index is 2.01. The van der Waals surface area contributed by atoms with Gasteiger partial charge in [0.25, 0.3) is 5.91 Å². The van der Waals surface area contributed by atoms with Crippen molar-refractivity contribution in [2.24, 2.45) is 0 Å². The number of nitrogens with one attached hydrogen (secondary N) is 1. The highest BCUT2D eigenvalue weighted by atomic mass is 16.5. The predicted octanol–water partition coefficient (Wildman–Crippen LogP) is 2.23. The Morgan fingerprint density at radius 3 is 2.90 bits per heavy atom. The smallest absolute Gasteiger partial charge is 0.257 e. The van der Waals surface area contributed by atoms with Crippen LogP contribution in [-0.2, 0) is 6.42 Å². The number of nitrogen functional groups attached to an aromatic ring is 1. The quantitative estimate of drug-likeness (QED) is 0.792. The van der Waals surface area contributed by atoms with Crippen molar-refractivity contribution in [1.29, 1.82) is 0 Å². The summed E-state index contributed by atoms with van der Waals surface area (Å²) in [4.78, 5) is 12.2. The van der Waals surface area contributed by atoms with Gasteiger partial charge in [-0.25, -0.2) is 0 Å². The molecule has 1 aromatic carbocycles. The molecule has 1 heterocycles. The minimum Gasteiger partial charge on any atom is -0.493 e. The van der Waals surface area contributed by atoms with Crippen molar-refractivity contribution in [3.63, 3.8) is 0 Å². The van der Waals surface area contributed by atoms with E-state index in [4.69, 9.17) is 14.9 Å². The summed E-state index contributed by atoms with van der Waals surface area (Å²) in [7, 11) is 0. The lowest BCUT2D eigenvalue weighted by Gasteiger charge is -2.12. The minimum atomic E-state index is -0.238. The fraction of sp³-hybridized carbons (Fsp3) is 0.267. The van der Waals surface area contributed by atoms with Gasteiger partial charge in [0.05, 0.1) is 12.9 Å². The second-order valence-electron chi connectivity index (χ2n) is 4.24. The molecule has 0 radical (unpaired) electrons. The van der Waals surface area contributed by atoms with Gasteiger partial charge in [-0.1, -0.05) is 6.07 Å². The van der Waals surface area contributed by atoms with E-state index in [9.17, 15) is 4.79 Å². The van der Waals surface area contributed by atoms with Crippen LogP contribution in [0.4, 0.5) is 5.69 Å². The predicted molar refractivity (Wildman–Crippen MR) is 76.8 cm³/mol. The number of nitrogens with two attached hydrogens (primary N) is 1. The van der Waals surface area contributed by atoms with Crippen LogP contribution in [0.1, 0.15) is 23.0 Å². The van der Waals surface area contributed by atoms with Crippen LogP contribution in [0.2, 0.25) is 0 Å². The van der Waals surface area contributed by atoms with Gasteiger partial charge in [0, 0.05) is 18.7 Å². The highest BCUT2D eigenvalue weighted by Crippen LogP contribution is 2.24. The number of ether oxygens (including phenoxy) is 1. The van der Waals surface area contributed by atoms with Crippen molar-refractivity contribution in [2.75, 3.05) is 18.9 Å². The Bertz CT molecular complexity index is 565. The van der Waals surface area contributed by atoms with Crippen molar-refractivity contribution in [1.82, 2.24) is 5.32 Å². The van der Waals surface area contributed by atoms with Crippen LogP contribution in [0, 0.1) is 0 Å². The number of anilines is 1. The monoisotopic (exact) mass is 274 g/mol. The Hall–Kier alpha value is -2.43. The fourth-order valence-electron chi connectivity index (χ4n) is 1.91. The maximum Gasteiger partial charge on any atom is 0.257 e. The SMILES string of the molecule is CCOc1cccc(N)c1C(=O)NCCc1ccco1. The molecule has 0 aliphatic heterocycles. The van der Waals surface area contributed by atoms with Crippen LogP contribution < -0.4 is 15.8 Å². The lowest BCUT2D eigenvalue weighted by atomic mass is 10.1. The summed E-state index contributed by atoms with van der Waals surface area (Å²) in [5.74, 6) is 1.09. The van der Waals surface area contributed by atoms with Gasteiger partial charge in [-0.15, -0.1) is 0 Å². The maximum absolute atomic E-state index is 12.2. The summed E-state index contributed by atoms with van der Waals surface area (Å²) in [6, 6.07) is 8.87. The third kappa shape index (κ3) is 3.32. The zero-order valence-electron chi connectivity index (χ0n) is 11.4. The van der Waals surface area contributed by atoms with Crippen molar-refractivity contribution in [3.05, 3.63) is 47.9 Å². The second kappa shape index (κ2) is 6.65. The normalized spacial score (nSPS) is 10.2. The number of rotatable bonds is 6. The third-order valence-electron chi connectivity index (χ3n) is 2.82. The van der Waals surface area contributed by atoms with Gasteiger partial charge < -0.3 is 20.2 Å². The molecule has 0 saturated heterocycles. The van der Waals surface area contributed by atoms with Crippen LogP contribution in [0.3, 0.4) is 0 Å². The molecular formula is C15H18N2O3. The molecule has 0 spiro atoms. The first-order valence-corrected chi connectivity index (χ1v) is 6.54. The summed E-state index contributed by atoms with van der Waals surface area (Å²) >= 11 is 0. The summed E-state index contributed by atoms with van der Waals surface area (Å²) in [5, 5.41) is 2.82. The van der Waals surface area contributed by atoms with Crippen molar-refractivity contribution in [2.45, 2.75) is 13.3 Å². The fourth-order valence-corrected chi connectivity index (χ4v) is 1.91. The number of benzene rings is 1. The Morgan fingerprint density at radius 2 is 2.20 bits per heavy atom. The first-order valence-electron chi connectivity index (χ1n) is 6.54. The van der Waals surface area contributed by atoms with Crippen LogP contribution in [0.15, 0.2) is 41.0 Å². The van der Waals surface area contributed by atoms with Crippen molar-refractivity contribution < 1.29 is 13.9 Å². The molecule has 0 fully saturated rings. The van der Waals surface area contributed by atoms with E-state index >= 15 is 0 Å². The summed E-state index contributed by atoms with van der Waals surface area (Å²) in [6.45, 7) is 2.82. The molecule has 20 heavy (non-hydrogen) atoms. The van der Waals surface area contributed by atoms with Gasteiger partial charge in [-0.3, -0.25) is 4.79 Å². The van der Waals surface area contributed by atoms with Gasteiger partial charge in [0.1, 0.15) is 17.1 Å². The molecule has 0 aliphatic rings. The number of carbonyl (C=O) groups is 1. The van der Waals surface area contributed by atoms with Gasteiger partial charge in [-0.2, -0.15) is 0 Å². The largest absolute Gasteiger partial charge is 0.493 e. The lowest BCUT2D eigenvalue weighted by molar-refractivity contribution is 0.0951. The minimum absolute atomic E-state index is 0.238. The van der Waals surface area contributed by atoms with E-state index in [1.165, 1.54) is 0 Å². The highest BCUT2D eigenvalue weighted by Gasteiger charge is 2.15. The van der Waals surface area contributed by atoms with Crippen LogP contribution in [-0.4, -0.2) is 19.1 Å². The first kappa shape index (κ1) is 14.0. The van der Waals surface area contributed by atoms with Crippen molar-refractivity contribution >= 4 is 11.6 Å². The molecule has 1 amide bonds. The average Bonchev–Trinajstić information content (AvgIpc) is 2.92. The zero-order chi connectivity index (χ0) is 14.4. The van der Waals surface area contributed by atoms with Gasteiger partial charge in [-0.05, 0) is 31.2 Å². The lowest BCUT2D eigenvalue weighted by Crippen LogP contribution is -2.27. The van der Waals surface area contributed by atoms with E-state index in [-0.39, 0.29) is 5.91 Å². The number of amides is 1. The van der Waals surface area contributed by atoms with Gasteiger partial charge in [0.2, 0.25) is 0 Å². The third-order valence-corrected chi connectivity index (χ3v) is 2.82. The Morgan fingerprint density at radius 1 is 1.35 bits per heavy atom. The molecule has 5 nitrogen and oxygen atoms in total. The molecule has 0 saturated carbocycles. The molecule has 2 aromatic rings. The van der Waals surface area contributed by atoms with Crippen LogP contribution in [0.5, 0.6) is 5.75 Å². The standard InChI is InChI=1S/C15H18N2O3/c1-2-19-13-7-3-6-12(16)14(13)15(18)17-9-8-11-5-4-10-20-11/h3-7,10H,2,8-9,16H2,1H3,(H,17,18). The Kier molecular flexibility index (Phi) is 4.65. The molecule has 0 atom stereocenters. The number of hydrogen-bond acceptors (Lipinski definition) is 4. The molecule has 0 aliphatic carbocycles. The molecule has 0 unspecified atom stereocenters. The number of carbonyl (C=O) groups excluding carboxylic acids is 1. The zero-order valence-corrected chi connectivity index (χ0v) is 11.4. The summed E-state index contributed by atoms with van der Waals surface area (Å²) < 4.78 is 10.6. The molecule has 106 valence electrons. The van der Waals surface area contributed by atoms with Crippen LogP contribution in [0.25, 0.3) is 0 Å². The van der Waals surface area contributed by atoms with Gasteiger partial charge in [0.15, 0.2) is 0 Å². The molecule has 0 bridgehead atoms. The maximum atomic E-state index is 12.2. The van der Waals surface area contributed by atoms with E-state index in [0.29, 0.717) is 36.6 Å². The topological polar surface area (TPSA) is 77.5 Å². The molecule has 3 N–H and O–H groups in total. The number of hydrogen-bond donors (Lipinski definition) is 2. The summed E-state index contributed by atoms with van der Waals surface area (Å²) in [6.07, 6.45) is 2.25. The molecule has 2 rings (SSSR count). The summed E-state index contributed by atoms with van der Waals surface area (Å²) in [5.41, 5.74) is 6.65. The number of furan rings is 1. The first-order chi connectivity index (χ1) is 9.72. The highest BCUT2D eigenvalue weighted by molar-refractivity contribution is 6.01. The molecule has 5 heteroatoms. The van der Waals surface area contributed by atoms with E-state index in [2.05, 4.69) is 5.32 Å². The second-order valence-corrected chi connectivity index (χ2v) is 4.24. The van der Waals surface area contributed by atoms with E-state index in [0.717, 1.165) is 5.76 Å². The van der Waals surface area contributed by atoms with Crippen molar-refractivity contribution in [3.8, 4) is 5.75 Å². The molecular weight excluding hydrogens is 256 g/mol. The van der Waals surface area contributed by atoms with Crippen LogP contribution >= 0.6 is 0 Å². The van der Waals surface area contributed by atoms with E-state index in [1.54, 1.807) is 24.5 Å². The average molecular weight is 274 g/mol. The Labute approximate surface area is 117 Å². The van der Waals surface area contributed by atoms with E-state index in [1.807, 2.05) is 19.1 Å². The molecule has 1 aromatic heterocycles. The van der Waals surface area contributed by atoms with Gasteiger partial charge >= 0.3 is 0 Å². The van der Waals surface area contributed by atoms with E-state index < -0.39 is 0 Å².